The number of hydrogen-bond donors (Lipinski definition) is 3. The molecule has 2 saturated heterocycles. The fourth-order valence-corrected chi connectivity index (χ4v) is 6.68. The Morgan fingerprint density at radius 3 is 2.38 bits per heavy atom. The van der Waals surface area contributed by atoms with E-state index in [2.05, 4.69) is 14.6 Å². The van der Waals surface area contributed by atoms with Gasteiger partial charge in [-0.3, -0.25) is 9.52 Å². The number of fused-ring (bicyclic) bond motifs is 1. The molecule has 0 bridgehead atoms. The average molecular weight is 604 g/mol. The van der Waals surface area contributed by atoms with Gasteiger partial charge in [-0.2, -0.15) is 0 Å². The van der Waals surface area contributed by atoms with E-state index in [1.807, 2.05) is 18.3 Å². The van der Waals surface area contributed by atoms with Crippen LogP contribution >= 0.6 is 0 Å². The van der Waals surface area contributed by atoms with Crippen LogP contribution in [0.3, 0.4) is 0 Å². The van der Waals surface area contributed by atoms with Crippen molar-refractivity contribution in [3.05, 3.63) is 71.2 Å². The molecule has 0 aliphatic carbocycles. The van der Waals surface area contributed by atoms with E-state index in [0.717, 1.165) is 74.6 Å². The van der Waals surface area contributed by atoms with Gasteiger partial charge >= 0.3 is 0 Å². The summed E-state index contributed by atoms with van der Waals surface area (Å²) in [5.74, 6) is -3.73. The lowest BCUT2D eigenvalue weighted by Crippen LogP contribution is -2.48. The molecule has 42 heavy (non-hydrogen) atoms. The van der Waals surface area contributed by atoms with Crippen LogP contribution in [0.25, 0.3) is 17.0 Å². The van der Waals surface area contributed by atoms with Crippen molar-refractivity contribution in [1.29, 1.82) is 0 Å². The molecule has 1 amide bonds. The first kappa shape index (κ1) is 30.1. The lowest BCUT2D eigenvalue weighted by atomic mass is 9.87. The number of amides is 1. The maximum absolute atomic E-state index is 13.4. The van der Waals surface area contributed by atoms with Crippen molar-refractivity contribution in [2.75, 3.05) is 43.7 Å². The Balaban J connectivity index is 1.09. The molecule has 1 atom stereocenters. The molecule has 8 nitrogen and oxygen atoms in total. The lowest BCUT2D eigenvalue weighted by molar-refractivity contribution is -0.127. The van der Waals surface area contributed by atoms with E-state index in [9.17, 15) is 26.4 Å². The molecule has 226 valence electrons. The highest BCUT2D eigenvalue weighted by atomic mass is 32.2. The second-order valence-electron chi connectivity index (χ2n) is 11.4. The van der Waals surface area contributed by atoms with Crippen LogP contribution in [0, 0.1) is 23.4 Å². The zero-order valence-corrected chi connectivity index (χ0v) is 24.3. The zero-order valence-electron chi connectivity index (χ0n) is 23.5. The van der Waals surface area contributed by atoms with Gasteiger partial charge in [0.15, 0.2) is 17.5 Å². The maximum atomic E-state index is 13.4. The first-order valence-corrected chi connectivity index (χ1v) is 16.0. The van der Waals surface area contributed by atoms with Crippen LogP contribution in [0.4, 0.5) is 18.9 Å². The number of H-pyrrole nitrogens is 1. The molecule has 12 heteroatoms. The summed E-state index contributed by atoms with van der Waals surface area (Å²) >= 11 is 0. The molecule has 3 aromatic rings. The van der Waals surface area contributed by atoms with E-state index >= 15 is 0 Å². The number of likely N-dealkylation sites (tertiary alicyclic amines) is 2. The van der Waals surface area contributed by atoms with Crippen LogP contribution in [0.2, 0.25) is 0 Å². The molecule has 0 spiro atoms. The maximum Gasteiger partial charge on any atom is 0.246 e. The lowest BCUT2D eigenvalue weighted by Gasteiger charge is -2.38. The quantitative estimate of drug-likeness (QED) is 0.261. The number of aromatic amines is 1. The summed E-state index contributed by atoms with van der Waals surface area (Å²) < 4.78 is 65.9. The molecule has 0 saturated carbocycles. The van der Waals surface area contributed by atoms with Gasteiger partial charge in [-0.25, -0.2) is 21.6 Å². The van der Waals surface area contributed by atoms with Crippen LogP contribution in [0.5, 0.6) is 0 Å². The van der Waals surface area contributed by atoms with Gasteiger partial charge in [-0.15, -0.1) is 0 Å². The molecule has 3 heterocycles. The summed E-state index contributed by atoms with van der Waals surface area (Å²) in [5.41, 5.74) is 9.44. The van der Waals surface area contributed by atoms with Gasteiger partial charge < -0.3 is 20.5 Å². The van der Waals surface area contributed by atoms with Crippen LogP contribution in [-0.2, 0) is 14.8 Å². The topological polar surface area (TPSA) is 112 Å². The summed E-state index contributed by atoms with van der Waals surface area (Å²) in [6, 6.07) is 7.22. The monoisotopic (exact) mass is 603 g/mol. The summed E-state index contributed by atoms with van der Waals surface area (Å²) in [6.07, 6.45) is 9.22. The number of hydrogen-bond acceptors (Lipinski definition) is 5. The van der Waals surface area contributed by atoms with Gasteiger partial charge in [0.25, 0.3) is 0 Å². The number of carbonyl (C=O) groups excluding carboxylic acids is 1. The van der Waals surface area contributed by atoms with E-state index < -0.39 is 27.5 Å². The second kappa shape index (κ2) is 12.5. The molecule has 2 aromatic carbocycles. The van der Waals surface area contributed by atoms with E-state index in [1.54, 1.807) is 11.0 Å². The van der Waals surface area contributed by atoms with Gasteiger partial charge in [-0.05, 0) is 98.1 Å². The first-order chi connectivity index (χ1) is 20.0. The minimum atomic E-state index is -3.35. The third-order valence-electron chi connectivity index (χ3n) is 8.39. The van der Waals surface area contributed by atoms with Crippen LogP contribution < -0.4 is 10.5 Å². The van der Waals surface area contributed by atoms with Crippen molar-refractivity contribution >= 4 is 38.6 Å². The Kier molecular flexibility index (Phi) is 8.95. The number of aromatic nitrogens is 1. The van der Waals surface area contributed by atoms with E-state index in [-0.39, 0.29) is 23.4 Å². The number of nitrogens with two attached hydrogens (primary N) is 1. The molecule has 4 N–H and O–H groups in total. The third kappa shape index (κ3) is 7.16. The molecular weight excluding hydrogens is 567 g/mol. The van der Waals surface area contributed by atoms with E-state index in [1.165, 1.54) is 17.7 Å². The van der Waals surface area contributed by atoms with E-state index in [0.29, 0.717) is 24.7 Å². The largest absolute Gasteiger partial charge is 0.361 e. The summed E-state index contributed by atoms with van der Waals surface area (Å²) in [4.78, 5) is 20.0. The molecular formula is C30H36F3N5O3S. The van der Waals surface area contributed by atoms with Crippen molar-refractivity contribution in [3.8, 4) is 0 Å². The first-order valence-electron chi connectivity index (χ1n) is 14.1. The van der Waals surface area contributed by atoms with Crippen molar-refractivity contribution in [2.45, 2.75) is 37.6 Å². The number of rotatable bonds is 8. The summed E-state index contributed by atoms with van der Waals surface area (Å²) in [6.45, 7) is 3.71. The van der Waals surface area contributed by atoms with Crippen molar-refractivity contribution < 1.29 is 26.4 Å². The number of anilines is 1. The van der Waals surface area contributed by atoms with Gasteiger partial charge in [0.1, 0.15) is 0 Å². The van der Waals surface area contributed by atoms with Gasteiger partial charge in [0.2, 0.25) is 15.9 Å². The zero-order chi connectivity index (χ0) is 30.0. The molecule has 2 aliphatic rings. The number of nitrogens with one attached hydrogen (secondary N) is 2. The van der Waals surface area contributed by atoms with Crippen LogP contribution in [0.1, 0.15) is 42.7 Å². The highest BCUT2D eigenvalue weighted by molar-refractivity contribution is 7.92. The average Bonchev–Trinajstić information content (AvgIpc) is 3.37. The minimum Gasteiger partial charge on any atom is -0.361 e. The minimum absolute atomic E-state index is 0.0165. The van der Waals surface area contributed by atoms with E-state index in [4.69, 9.17) is 5.73 Å². The Morgan fingerprint density at radius 1 is 1.07 bits per heavy atom. The smallest absolute Gasteiger partial charge is 0.246 e. The SMILES string of the molecule is CS(=O)(=O)Nc1ccc2[nH]cc(C3CCN(CC(N)C4CCN(C(=O)C=Cc5cc(F)c(F)c(F)c5)CC4)CC3)c2c1. The predicted octanol–water partition coefficient (Wildman–Crippen LogP) is 4.42. The number of carbonyl (C=O) groups is 1. The number of sulfonamides is 1. The Bertz CT molecular complexity index is 1550. The standard InChI is InChI=1S/C30H36F3N5O3S/c1-42(40,41)36-22-3-4-28-23(16-22)24(17-35-28)20-6-10-37(11-7-20)18-27(34)21-8-12-38(13-9-21)29(39)5-2-19-14-25(31)30(33)26(32)15-19/h2-5,14-17,20-21,27,35-36H,6-13,18,34H2,1H3. The number of nitrogens with zero attached hydrogens (tertiary/aromatic N) is 2. The Morgan fingerprint density at radius 2 is 1.74 bits per heavy atom. The molecule has 1 unspecified atom stereocenters. The fraction of sp³-hybridized carbons (Fsp3) is 0.433. The predicted molar refractivity (Wildman–Crippen MR) is 158 cm³/mol. The molecule has 2 aliphatic heterocycles. The van der Waals surface area contributed by atoms with Crippen LogP contribution in [-0.4, -0.2) is 74.1 Å². The second-order valence-corrected chi connectivity index (χ2v) is 13.2. The van der Waals surface area contributed by atoms with Crippen molar-refractivity contribution in [3.63, 3.8) is 0 Å². The number of benzene rings is 2. The summed E-state index contributed by atoms with van der Waals surface area (Å²) in [7, 11) is -3.35. The highest BCUT2D eigenvalue weighted by Crippen LogP contribution is 2.35. The highest BCUT2D eigenvalue weighted by Gasteiger charge is 2.29. The molecule has 5 rings (SSSR count). The fourth-order valence-electron chi connectivity index (χ4n) is 6.12. The normalized spacial score (nSPS) is 18.6. The Hall–Kier alpha value is -3.35. The molecule has 0 radical (unpaired) electrons. The van der Waals surface area contributed by atoms with Gasteiger partial charge in [0, 0.05) is 54.5 Å². The van der Waals surface area contributed by atoms with Gasteiger partial charge in [0.05, 0.1) is 6.26 Å². The van der Waals surface area contributed by atoms with Crippen LogP contribution in [0.15, 0.2) is 42.6 Å². The molecule has 2 fully saturated rings. The van der Waals surface area contributed by atoms with Crippen molar-refractivity contribution in [2.24, 2.45) is 11.7 Å². The number of piperidine rings is 2. The molecule has 1 aromatic heterocycles. The Labute approximate surface area is 243 Å². The summed E-state index contributed by atoms with van der Waals surface area (Å²) in [5, 5.41) is 1.03. The third-order valence-corrected chi connectivity index (χ3v) is 9.00. The van der Waals surface area contributed by atoms with Gasteiger partial charge in [-0.1, -0.05) is 0 Å². The van der Waals surface area contributed by atoms with Crippen molar-refractivity contribution in [1.82, 2.24) is 14.8 Å². The number of halogens is 3.